The van der Waals surface area contributed by atoms with Crippen molar-refractivity contribution in [3.05, 3.63) is 84.0 Å². The third-order valence-corrected chi connectivity index (χ3v) is 5.79. The Balaban J connectivity index is 1.73. The number of ether oxygens (including phenoxy) is 2. The standard InChI is InChI=1S/C26H27N3O5/c1-3-34-20-10-8-18(9-11-20)23-22(24(30)19-6-4-7-21(16-19)33-2)25(31)26(32)29(23)14-5-13-28-15-12-27-17-28/h4,6-12,15-17,23H,3,5,13-14H2,1-2H3,(H,30,31). The van der Waals surface area contributed by atoms with Gasteiger partial charge in [0, 0.05) is 18.5 Å². The zero-order chi connectivity index (χ0) is 24.1. The fraction of sp³-hybridized carbons (Fsp3) is 0.269. The van der Waals surface area contributed by atoms with Crippen molar-refractivity contribution in [1.82, 2.24) is 9.88 Å². The molecule has 176 valence electrons. The number of aromatic amines is 1. The third kappa shape index (κ3) is 4.66. The van der Waals surface area contributed by atoms with E-state index in [1.54, 1.807) is 48.5 Å². The van der Waals surface area contributed by atoms with Gasteiger partial charge in [0.25, 0.3) is 5.91 Å². The first-order valence-corrected chi connectivity index (χ1v) is 11.2. The number of imidazole rings is 1. The van der Waals surface area contributed by atoms with Gasteiger partial charge in [0.1, 0.15) is 23.9 Å². The molecule has 0 radical (unpaired) electrons. The van der Waals surface area contributed by atoms with E-state index in [0.717, 1.165) is 0 Å². The molecular formula is C26H27N3O5. The van der Waals surface area contributed by atoms with E-state index in [0.29, 0.717) is 48.7 Å². The number of nitrogens with zero attached hydrogens (tertiary/aromatic N) is 2. The molecule has 4 rings (SSSR count). The second kappa shape index (κ2) is 10.2. The molecule has 2 aromatic carbocycles. The summed E-state index contributed by atoms with van der Waals surface area (Å²) >= 11 is 0. The molecule has 0 spiro atoms. The minimum Gasteiger partial charge on any atom is -0.872 e. The summed E-state index contributed by atoms with van der Waals surface area (Å²) in [7, 11) is 1.51. The van der Waals surface area contributed by atoms with Crippen LogP contribution >= 0.6 is 0 Å². The van der Waals surface area contributed by atoms with Crippen LogP contribution in [0.15, 0.2) is 72.8 Å². The number of carbonyl (C=O) groups is 2. The van der Waals surface area contributed by atoms with Gasteiger partial charge in [-0.2, -0.15) is 0 Å². The number of benzene rings is 2. The van der Waals surface area contributed by atoms with Crippen LogP contribution in [0.2, 0.25) is 0 Å². The molecule has 1 unspecified atom stereocenters. The molecular weight excluding hydrogens is 434 g/mol. The molecule has 1 N–H and O–H groups in total. The summed E-state index contributed by atoms with van der Waals surface area (Å²) in [6.07, 6.45) is 6.15. The predicted molar refractivity (Wildman–Crippen MR) is 123 cm³/mol. The molecule has 3 aromatic rings. The average molecular weight is 462 g/mol. The van der Waals surface area contributed by atoms with Crippen LogP contribution < -0.4 is 19.1 Å². The monoisotopic (exact) mass is 461 g/mol. The molecule has 1 saturated heterocycles. The van der Waals surface area contributed by atoms with Crippen molar-refractivity contribution in [3.63, 3.8) is 0 Å². The molecule has 0 aliphatic carbocycles. The lowest BCUT2D eigenvalue weighted by molar-refractivity contribution is -0.695. The van der Waals surface area contributed by atoms with Crippen LogP contribution in [-0.2, 0) is 16.1 Å². The number of ketones is 1. The van der Waals surface area contributed by atoms with Gasteiger partial charge in [0.15, 0.2) is 0 Å². The van der Waals surface area contributed by atoms with E-state index < -0.39 is 23.5 Å². The fourth-order valence-electron chi connectivity index (χ4n) is 4.16. The molecule has 1 aliphatic rings. The number of aryl methyl sites for hydroxylation is 1. The smallest absolute Gasteiger partial charge is 0.295 e. The van der Waals surface area contributed by atoms with Gasteiger partial charge in [0.05, 0.1) is 26.3 Å². The molecule has 1 atom stereocenters. The number of amides is 1. The number of hydrogen-bond donors (Lipinski definition) is 1. The van der Waals surface area contributed by atoms with Crippen LogP contribution in [0.4, 0.5) is 0 Å². The summed E-state index contributed by atoms with van der Waals surface area (Å²) in [5.74, 6) is -0.719. The number of methoxy groups -OCH3 is 1. The highest BCUT2D eigenvalue weighted by Gasteiger charge is 2.43. The van der Waals surface area contributed by atoms with Crippen LogP contribution in [0.5, 0.6) is 11.5 Å². The SMILES string of the molecule is CCOc1ccc(C2C(=C([O-])c3cccc(OC)c3)C(=O)C(=O)N2CCC[n+]2cc[nH]c2)cc1. The van der Waals surface area contributed by atoms with Gasteiger partial charge in [-0.15, -0.1) is 0 Å². The first kappa shape index (κ1) is 23.1. The Morgan fingerprint density at radius 2 is 1.94 bits per heavy atom. The minimum atomic E-state index is -0.773. The number of hydrogen-bond acceptors (Lipinski definition) is 5. The van der Waals surface area contributed by atoms with Crippen molar-refractivity contribution in [2.75, 3.05) is 20.3 Å². The number of carbonyl (C=O) groups excluding carboxylic acids is 2. The second-order valence-corrected chi connectivity index (χ2v) is 7.91. The average Bonchev–Trinajstić information content (AvgIpc) is 3.47. The van der Waals surface area contributed by atoms with Crippen molar-refractivity contribution in [3.8, 4) is 11.5 Å². The van der Waals surface area contributed by atoms with E-state index in [9.17, 15) is 14.7 Å². The Labute approximate surface area is 198 Å². The van der Waals surface area contributed by atoms with Crippen molar-refractivity contribution < 1.29 is 28.7 Å². The quantitative estimate of drug-likeness (QED) is 0.228. The lowest BCUT2D eigenvalue weighted by atomic mass is 9.95. The molecule has 8 nitrogen and oxygen atoms in total. The topological polar surface area (TPSA) is 98.6 Å². The molecule has 34 heavy (non-hydrogen) atoms. The van der Waals surface area contributed by atoms with Crippen molar-refractivity contribution in [2.24, 2.45) is 0 Å². The normalized spacial score (nSPS) is 17.2. The summed E-state index contributed by atoms with van der Waals surface area (Å²) in [5.41, 5.74) is 0.941. The maximum atomic E-state index is 13.5. The highest BCUT2D eigenvalue weighted by atomic mass is 16.5. The van der Waals surface area contributed by atoms with Crippen LogP contribution in [0.1, 0.15) is 30.5 Å². The molecule has 1 amide bonds. The summed E-state index contributed by atoms with van der Waals surface area (Å²) in [6.45, 7) is 3.41. The van der Waals surface area contributed by atoms with Crippen LogP contribution in [-0.4, -0.2) is 41.8 Å². The first-order valence-electron chi connectivity index (χ1n) is 11.2. The number of likely N-dealkylation sites (tertiary alicyclic amines) is 1. The molecule has 1 fully saturated rings. The largest absolute Gasteiger partial charge is 0.872 e. The summed E-state index contributed by atoms with van der Waals surface area (Å²) in [6, 6.07) is 13.0. The predicted octanol–water partition coefficient (Wildman–Crippen LogP) is 2.02. The van der Waals surface area contributed by atoms with Gasteiger partial charge in [-0.25, -0.2) is 4.57 Å². The maximum absolute atomic E-state index is 13.5. The highest BCUT2D eigenvalue weighted by Crippen LogP contribution is 2.39. The van der Waals surface area contributed by atoms with Crippen molar-refractivity contribution in [2.45, 2.75) is 25.9 Å². The summed E-state index contributed by atoms with van der Waals surface area (Å²) in [4.78, 5) is 30.7. The van der Waals surface area contributed by atoms with Gasteiger partial charge in [-0.1, -0.05) is 30.0 Å². The molecule has 0 bridgehead atoms. The minimum absolute atomic E-state index is 0.0447. The summed E-state index contributed by atoms with van der Waals surface area (Å²) in [5, 5.41) is 13.5. The molecule has 1 aliphatic heterocycles. The van der Waals surface area contributed by atoms with E-state index in [-0.39, 0.29) is 5.57 Å². The lowest BCUT2D eigenvalue weighted by Crippen LogP contribution is -2.36. The Kier molecular flexibility index (Phi) is 6.96. The van der Waals surface area contributed by atoms with E-state index in [2.05, 4.69) is 4.98 Å². The van der Waals surface area contributed by atoms with E-state index in [4.69, 9.17) is 9.47 Å². The number of Topliss-reactive ketones (excluding diaryl/α,β-unsaturated/α-hetero) is 1. The summed E-state index contributed by atoms with van der Waals surface area (Å²) < 4.78 is 12.7. The van der Waals surface area contributed by atoms with Gasteiger partial charge in [-0.05, 0) is 42.3 Å². The van der Waals surface area contributed by atoms with Crippen LogP contribution in [0.3, 0.4) is 0 Å². The Hall–Kier alpha value is -4.07. The van der Waals surface area contributed by atoms with Crippen molar-refractivity contribution >= 4 is 17.4 Å². The third-order valence-electron chi connectivity index (χ3n) is 5.79. The van der Waals surface area contributed by atoms with Gasteiger partial charge in [0.2, 0.25) is 12.1 Å². The Bertz CT molecular complexity index is 1190. The molecule has 8 heteroatoms. The number of nitrogens with one attached hydrogen (secondary N) is 1. The first-order chi connectivity index (χ1) is 16.5. The van der Waals surface area contributed by atoms with Crippen molar-refractivity contribution in [1.29, 1.82) is 0 Å². The van der Waals surface area contributed by atoms with Gasteiger partial charge < -0.3 is 19.5 Å². The van der Waals surface area contributed by atoms with Crippen LogP contribution in [0, 0.1) is 0 Å². The van der Waals surface area contributed by atoms with E-state index in [1.807, 2.05) is 30.2 Å². The number of rotatable bonds is 9. The highest BCUT2D eigenvalue weighted by molar-refractivity contribution is 6.46. The number of H-pyrrole nitrogens is 1. The lowest BCUT2D eigenvalue weighted by Gasteiger charge is -2.27. The van der Waals surface area contributed by atoms with Crippen LogP contribution in [0.25, 0.3) is 5.76 Å². The second-order valence-electron chi connectivity index (χ2n) is 7.91. The molecule has 1 aromatic heterocycles. The Morgan fingerprint density at radius 3 is 2.62 bits per heavy atom. The molecule has 2 heterocycles. The Morgan fingerprint density at radius 1 is 1.15 bits per heavy atom. The van der Waals surface area contributed by atoms with E-state index >= 15 is 0 Å². The zero-order valence-electron chi connectivity index (χ0n) is 19.2. The fourth-order valence-corrected chi connectivity index (χ4v) is 4.16. The van der Waals surface area contributed by atoms with E-state index in [1.165, 1.54) is 12.0 Å². The van der Waals surface area contributed by atoms with Gasteiger partial charge in [-0.3, -0.25) is 14.6 Å². The van der Waals surface area contributed by atoms with Gasteiger partial charge >= 0.3 is 0 Å². The maximum Gasteiger partial charge on any atom is 0.295 e. The number of aromatic nitrogens is 2. The zero-order valence-corrected chi connectivity index (χ0v) is 19.2. The molecule has 0 saturated carbocycles.